The van der Waals surface area contributed by atoms with Crippen LogP contribution in [-0.2, 0) is 22.2 Å². The van der Waals surface area contributed by atoms with Crippen LogP contribution in [0.25, 0.3) is 0 Å². The number of rotatable bonds is 8. The monoisotopic (exact) mass is 554 g/mol. The summed E-state index contributed by atoms with van der Waals surface area (Å²) in [6.45, 7) is 0. The van der Waals surface area contributed by atoms with Gasteiger partial charge in [0.05, 0.1) is 17.7 Å². The molecule has 0 heterocycles. The molecule has 0 bridgehead atoms. The van der Waals surface area contributed by atoms with E-state index in [1.807, 2.05) is 30.3 Å². The Morgan fingerprint density at radius 1 is 0.816 bits per heavy atom. The fourth-order valence-electron chi connectivity index (χ4n) is 3.73. The molecule has 0 aliphatic rings. The van der Waals surface area contributed by atoms with Crippen LogP contribution in [0.4, 0.5) is 24.5 Å². The third-order valence-electron chi connectivity index (χ3n) is 5.46. The summed E-state index contributed by atoms with van der Waals surface area (Å²) in [5, 5.41) is 4.32. The summed E-state index contributed by atoms with van der Waals surface area (Å²) in [5.41, 5.74) is 0.613. The van der Waals surface area contributed by atoms with Crippen molar-refractivity contribution in [3.05, 3.63) is 125 Å². The van der Waals surface area contributed by atoms with Gasteiger partial charge in [-0.25, -0.2) is 0 Å². The lowest BCUT2D eigenvalue weighted by molar-refractivity contribution is -0.137. The maximum Gasteiger partial charge on any atom is 0.418 e. The molecule has 194 valence electrons. The van der Waals surface area contributed by atoms with Crippen LogP contribution in [0.15, 0.2) is 108 Å². The van der Waals surface area contributed by atoms with Crippen LogP contribution in [0.3, 0.4) is 0 Å². The van der Waals surface area contributed by atoms with E-state index in [2.05, 4.69) is 10.6 Å². The van der Waals surface area contributed by atoms with E-state index >= 15 is 0 Å². The van der Waals surface area contributed by atoms with E-state index in [0.29, 0.717) is 16.1 Å². The van der Waals surface area contributed by atoms with E-state index in [0.717, 1.165) is 29.5 Å². The summed E-state index contributed by atoms with van der Waals surface area (Å²) in [7, 11) is 0. The number of benzene rings is 4. The normalized spacial score (nSPS) is 12.0. The second-order valence-electron chi connectivity index (χ2n) is 8.32. The highest BCUT2D eigenvalue weighted by atomic mass is 35.5. The molecule has 2 N–H and O–H groups in total. The van der Waals surface area contributed by atoms with Gasteiger partial charge in [0.15, 0.2) is 0 Å². The van der Waals surface area contributed by atoms with Gasteiger partial charge in [-0.05, 0) is 47.5 Å². The molecular formula is C29H22ClF3N2O2S. The number of carbonyl (C=O) groups is 2. The minimum absolute atomic E-state index is 0.0876. The summed E-state index contributed by atoms with van der Waals surface area (Å²) in [6, 6.07) is 28.2. The van der Waals surface area contributed by atoms with Crippen LogP contribution in [0.1, 0.15) is 21.9 Å². The summed E-state index contributed by atoms with van der Waals surface area (Å²) in [5.74, 6) is -0.828. The molecule has 1 atom stereocenters. The molecule has 0 saturated heterocycles. The number of carbonyl (C=O) groups excluding carboxylic acids is 2. The Morgan fingerprint density at radius 2 is 1.50 bits per heavy atom. The molecule has 0 aromatic heterocycles. The number of hydrogen-bond donors (Lipinski definition) is 2. The van der Waals surface area contributed by atoms with Crippen molar-refractivity contribution in [1.29, 1.82) is 0 Å². The Balaban J connectivity index is 1.55. The topological polar surface area (TPSA) is 58.2 Å². The summed E-state index contributed by atoms with van der Waals surface area (Å²) in [6.07, 6.45) is -4.49. The van der Waals surface area contributed by atoms with E-state index in [1.165, 1.54) is 6.07 Å². The van der Waals surface area contributed by atoms with Crippen molar-refractivity contribution >= 4 is 46.6 Å². The molecule has 0 saturated carbocycles. The van der Waals surface area contributed by atoms with Crippen molar-refractivity contribution in [1.82, 2.24) is 0 Å². The number of thioether (sulfide) groups is 1. The van der Waals surface area contributed by atoms with Crippen LogP contribution in [0.2, 0.25) is 5.02 Å². The third kappa shape index (κ3) is 7.40. The zero-order valence-electron chi connectivity index (χ0n) is 19.8. The molecule has 0 aliphatic carbocycles. The first-order valence-corrected chi connectivity index (χ1v) is 12.8. The van der Waals surface area contributed by atoms with Crippen molar-refractivity contribution in [2.24, 2.45) is 0 Å². The highest BCUT2D eigenvalue weighted by Crippen LogP contribution is 2.40. The molecule has 38 heavy (non-hydrogen) atoms. The number of anilines is 2. The van der Waals surface area contributed by atoms with Crippen LogP contribution in [0, 0.1) is 0 Å². The van der Waals surface area contributed by atoms with Gasteiger partial charge in [-0.15, -0.1) is 11.8 Å². The van der Waals surface area contributed by atoms with Gasteiger partial charge in [0.25, 0.3) is 0 Å². The van der Waals surface area contributed by atoms with Gasteiger partial charge in [0.2, 0.25) is 11.8 Å². The predicted molar refractivity (Wildman–Crippen MR) is 145 cm³/mol. The van der Waals surface area contributed by atoms with E-state index in [1.54, 1.807) is 54.6 Å². The van der Waals surface area contributed by atoms with Crippen LogP contribution in [-0.4, -0.2) is 11.8 Å². The fraction of sp³-hybridized carbons (Fsp3) is 0.103. The van der Waals surface area contributed by atoms with Gasteiger partial charge in [0.1, 0.15) is 5.25 Å². The van der Waals surface area contributed by atoms with E-state index in [9.17, 15) is 22.8 Å². The first kappa shape index (κ1) is 27.3. The quantitative estimate of drug-likeness (QED) is 0.217. The maximum absolute atomic E-state index is 13.6. The standard InChI is InChI=1S/C29H22ClF3N2O2S/c30-21-14-15-25(24(17-21)29(31,32)33)35-28(37)27(20-10-5-2-6-11-20)38-23-13-7-12-22(18-23)34-26(36)16-19-8-3-1-4-9-19/h1-15,17-18,27H,16H2,(H,34,36)(H,35,37). The molecule has 0 spiro atoms. The van der Waals surface area contributed by atoms with E-state index in [-0.39, 0.29) is 23.0 Å². The zero-order valence-corrected chi connectivity index (χ0v) is 21.4. The number of halogens is 4. The highest BCUT2D eigenvalue weighted by molar-refractivity contribution is 8.00. The van der Waals surface area contributed by atoms with Crippen LogP contribution >= 0.6 is 23.4 Å². The molecule has 4 aromatic rings. The molecule has 4 rings (SSSR count). The fourth-order valence-corrected chi connectivity index (χ4v) is 4.98. The van der Waals surface area contributed by atoms with Crippen molar-refractivity contribution < 1.29 is 22.8 Å². The molecule has 0 fully saturated rings. The lowest BCUT2D eigenvalue weighted by Gasteiger charge is -2.20. The van der Waals surface area contributed by atoms with Gasteiger partial charge in [-0.2, -0.15) is 13.2 Å². The van der Waals surface area contributed by atoms with Crippen molar-refractivity contribution in [2.45, 2.75) is 22.7 Å². The number of hydrogen-bond acceptors (Lipinski definition) is 3. The molecule has 4 aromatic carbocycles. The number of alkyl halides is 3. The highest BCUT2D eigenvalue weighted by Gasteiger charge is 2.35. The Morgan fingerprint density at radius 3 is 2.18 bits per heavy atom. The van der Waals surface area contributed by atoms with Crippen LogP contribution < -0.4 is 10.6 Å². The summed E-state index contributed by atoms with van der Waals surface area (Å²) < 4.78 is 40.8. The number of nitrogens with one attached hydrogen (secondary N) is 2. The Bertz CT molecular complexity index is 1420. The Kier molecular flexibility index (Phi) is 8.76. The lowest BCUT2D eigenvalue weighted by atomic mass is 10.1. The smallest absolute Gasteiger partial charge is 0.326 e. The molecule has 1 unspecified atom stereocenters. The zero-order chi connectivity index (χ0) is 27.1. The molecule has 0 aliphatic heterocycles. The second-order valence-corrected chi connectivity index (χ2v) is 9.94. The average Bonchev–Trinajstić information content (AvgIpc) is 2.89. The summed E-state index contributed by atoms with van der Waals surface area (Å²) >= 11 is 6.93. The molecule has 4 nitrogen and oxygen atoms in total. The predicted octanol–water partition coefficient (Wildman–Crippen LogP) is 8.01. The molecule has 2 amide bonds. The van der Waals surface area contributed by atoms with E-state index < -0.39 is 22.9 Å². The second kappa shape index (κ2) is 12.2. The lowest BCUT2D eigenvalue weighted by Crippen LogP contribution is -2.21. The SMILES string of the molecule is O=C(Cc1ccccc1)Nc1cccc(SC(C(=O)Nc2ccc(Cl)cc2C(F)(F)F)c2ccccc2)c1. The average molecular weight is 555 g/mol. The molecule has 9 heteroatoms. The van der Waals surface area contributed by atoms with Gasteiger partial charge in [-0.3, -0.25) is 9.59 Å². The summed E-state index contributed by atoms with van der Waals surface area (Å²) in [4.78, 5) is 26.5. The molecule has 0 radical (unpaired) electrons. The first-order chi connectivity index (χ1) is 18.2. The Hall–Kier alpha value is -3.75. The maximum atomic E-state index is 13.6. The number of amides is 2. The van der Waals surface area contributed by atoms with Crippen molar-refractivity contribution in [2.75, 3.05) is 10.6 Å². The van der Waals surface area contributed by atoms with Crippen molar-refractivity contribution in [3.8, 4) is 0 Å². The van der Waals surface area contributed by atoms with Crippen LogP contribution in [0.5, 0.6) is 0 Å². The van der Waals surface area contributed by atoms with Gasteiger partial charge < -0.3 is 10.6 Å². The minimum atomic E-state index is -4.70. The van der Waals surface area contributed by atoms with Gasteiger partial charge in [0, 0.05) is 15.6 Å². The van der Waals surface area contributed by atoms with E-state index in [4.69, 9.17) is 11.6 Å². The van der Waals surface area contributed by atoms with Crippen molar-refractivity contribution in [3.63, 3.8) is 0 Å². The third-order valence-corrected chi connectivity index (χ3v) is 6.95. The largest absolute Gasteiger partial charge is 0.418 e. The molecular weight excluding hydrogens is 533 g/mol. The minimum Gasteiger partial charge on any atom is -0.326 e. The van der Waals surface area contributed by atoms with Gasteiger partial charge >= 0.3 is 6.18 Å². The van der Waals surface area contributed by atoms with Gasteiger partial charge in [-0.1, -0.05) is 78.3 Å². The Labute approximate surface area is 227 Å². The first-order valence-electron chi connectivity index (χ1n) is 11.5.